The fourth-order valence-electron chi connectivity index (χ4n) is 3.45. The molecule has 100 valence electrons. The molecule has 2 aliphatic heterocycles. The molecule has 0 fully saturated rings. The highest BCUT2D eigenvalue weighted by atomic mass is 16.3. The lowest BCUT2D eigenvalue weighted by Gasteiger charge is -2.09. The first kappa shape index (κ1) is 11.1. The second kappa shape index (κ2) is 3.73. The highest BCUT2D eigenvalue weighted by molar-refractivity contribution is 6.08. The first-order valence-corrected chi connectivity index (χ1v) is 7.24. The minimum Gasteiger partial charge on any atom is -0.455 e. The smallest absolute Gasteiger partial charge is 0.207 e. The van der Waals surface area contributed by atoms with Crippen LogP contribution in [-0.2, 0) is 0 Å². The Morgan fingerprint density at radius 1 is 1.05 bits per heavy atom. The molecule has 0 radical (unpaired) electrons. The van der Waals surface area contributed by atoms with Crippen molar-refractivity contribution >= 4 is 28.2 Å². The van der Waals surface area contributed by atoms with Gasteiger partial charge in [-0.2, -0.15) is 4.58 Å². The molecule has 0 N–H and O–H groups in total. The van der Waals surface area contributed by atoms with Crippen LogP contribution in [0.3, 0.4) is 0 Å². The first-order valence-electron chi connectivity index (χ1n) is 7.24. The number of para-hydroxylation sites is 1. The molecule has 2 aromatic carbocycles. The fourth-order valence-corrected chi connectivity index (χ4v) is 3.45. The number of fused-ring (bicyclic) bond motifs is 7. The van der Waals surface area contributed by atoms with E-state index in [0.29, 0.717) is 0 Å². The molecule has 3 aromatic rings. The van der Waals surface area contributed by atoms with Gasteiger partial charge in [0.15, 0.2) is 12.4 Å². The molecule has 21 heavy (non-hydrogen) atoms. The van der Waals surface area contributed by atoms with Crippen LogP contribution < -0.4 is 0 Å². The zero-order valence-electron chi connectivity index (χ0n) is 11.7. The standard InChI is InChI=1S/C19H14NO/c1-12-8-9-20-11-13-6-7-15-14-4-2-3-5-17(14)21-19(15)18(13)16(20)10-12/h2-11,16H,1H3/q+1. The van der Waals surface area contributed by atoms with Crippen LogP contribution in [0.2, 0.25) is 0 Å². The van der Waals surface area contributed by atoms with E-state index in [-0.39, 0.29) is 6.04 Å². The largest absolute Gasteiger partial charge is 0.455 e. The Morgan fingerprint density at radius 3 is 2.90 bits per heavy atom. The molecule has 0 amide bonds. The zero-order chi connectivity index (χ0) is 14.0. The van der Waals surface area contributed by atoms with Crippen molar-refractivity contribution in [2.45, 2.75) is 13.0 Å². The zero-order valence-corrected chi connectivity index (χ0v) is 11.7. The van der Waals surface area contributed by atoms with Crippen molar-refractivity contribution < 1.29 is 8.99 Å². The summed E-state index contributed by atoms with van der Waals surface area (Å²) in [6, 6.07) is 12.9. The molecule has 2 heteroatoms. The Labute approximate surface area is 122 Å². The molecular formula is C19H14NO+. The summed E-state index contributed by atoms with van der Waals surface area (Å²) < 4.78 is 8.43. The van der Waals surface area contributed by atoms with E-state index < -0.39 is 0 Å². The second-order valence-electron chi connectivity index (χ2n) is 5.79. The van der Waals surface area contributed by atoms with Gasteiger partial charge in [0.25, 0.3) is 0 Å². The maximum absolute atomic E-state index is 6.18. The predicted octanol–water partition coefficient (Wildman–Crippen LogP) is 4.55. The Hall–Kier alpha value is -2.61. The van der Waals surface area contributed by atoms with Gasteiger partial charge in [0.1, 0.15) is 11.2 Å². The molecule has 5 rings (SSSR count). The van der Waals surface area contributed by atoms with E-state index in [1.54, 1.807) is 0 Å². The van der Waals surface area contributed by atoms with Crippen molar-refractivity contribution in [2.24, 2.45) is 0 Å². The van der Waals surface area contributed by atoms with Crippen LogP contribution in [0.15, 0.2) is 64.7 Å². The summed E-state index contributed by atoms with van der Waals surface area (Å²) in [4.78, 5) is 0. The van der Waals surface area contributed by atoms with Crippen molar-refractivity contribution in [1.29, 1.82) is 0 Å². The molecule has 2 aliphatic rings. The molecule has 3 heterocycles. The number of allylic oxidation sites excluding steroid dienone is 2. The molecule has 2 nitrogen and oxygen atoms in total. The summed E-state index contributed by atoms with van der Waals surface area (Å²) in [5.41, 5.74) is 5.82. The number of benzene rings is 2. The highest BCUT2D eigenvalue weighted by Crippen LogP contribution is 2.40. The van der Waals surface area contributed by atoms with E-state index in [1.165, 1.54) is 27.5 Å². The monoisotopic (exact) mass is 272 g/mol. The summed E-state index contributed by atoms with van der Waals surface area (Å²) in [6.07, 6.45) is 8.80. The van der Waals surface area contributed by atoms with Crippen molar-refractivity contribution in [3.63, 3.8) is 0 Å². The minimum atomic E-state index is 0.259. The van der Waals surface area contributed by atoms with Crippen molar-refractivity contribution in [3.8, 4) is 0 Å². The van der Waals surface area contributed by atoms with E-state index in [4.69, 9.17) is 4.42 Å². The topological polar surface area (TPSA) is 16.1 Å². The number of hydrogen-bond donors (Lipinski definition) is 0. The molecule has 1 unspecified atom stereocenters. The molecule has 0 spiro atoms. The van der Waals surface area contributed by atoms with Crippen LogP contribution >= 0.6 is 0 Å². The molecule has 0 saturated carbocycles. The SMILES string of the molecule is CC1=CC2c3c(ccc4c3oc3ccccc34)C=[N+]2C=C1. The number of rotatable bonds is 0. The van der Waals surface area contributed by atoms with Gasteiger partial charge in [0, 0.05) is 16.8 Å². The third-order valence-corrected chi connectivity index (χ3v) is 4.45. The first-order chi connectivity index (χ1) is 10.3. The lowest BCUT2D eigenvalue weighted by molar-refractivity contribution is -0.484. The van der Waals surface area contributed by atoms with Gasteiger partial charge in [-0.25, -0.2) is 0 Å². The van der Waals surface area contributed by atoms with Gasteiger partial charge in [-0.15, -0.1) is 0 Å². The summed E-state index contributed by atoms with van der Waals surface area (Å²) in [5, 5.41) is 2.40. The van der Waals surface area contributed by atoms with Crippen molar-refractivity contribution in [3.05, 3.63) is 71.5 Å². The Bertz CT molecular complexity index is 1000. The van der Waals surface area contributed by atoms with Crippen LogP contribution in [0.1, 0.15) is 24.1 Å². The summed E-state index contributed by atoms with van der Waals surface area (Å²) in [6.45, 7) is 2.14. The Morgan fingerprint density at radius 2 is 1.95 bits per heavy atom. The lowest BCUT2D eigenvalue weighted by Crippen LogP contribution is -2.09. The van der Waals surface area contributed by atoms with Crippen LogP contribution in [0.5, 0.6) is 0 Å². The average Bonchev–Trinajstić information content (AvgIpc) is 3.04. The third-order valence-electron chi connectivity index (χ3n) is 4.45. The van der Waals surface area contributed by atoms with Gasteiger partial charge in [-0.3, -0.25) is 0 Å². The van der Waals surface area contributed by atoms with Gasteiger partial charge < -0.3 is 4.42 Å². The van der Waals surface area contributed by atoms with Gasteiger partial charge in [-0.05, 0) is 36.8 Å². The summed E-state index contributed by atoms with van der Waals surface area (Å²) in [7, 11) is 0. The third kappa shape index (κ3) is 1.39. The maximum atomic E-state index is 6.18. The number of nitrogens with zero attached hydrogens (tertiary/aromatic N) is 1. The quantitative estimate of drug-likeness (QED) is 0.548. The Kier molecular flexibility index (Phi) is 1.97. The van der Waals surface area contributed by atoms with E-state index in [1.807, 2.05) is 12.1 Å². The van der Waals surface area contributed by atoms with Gasteiger partial charge in [0.05, 0.1) is 11.1 Å². The van der Waals surface area contributed by atoms with E-state index in [0.717, 1.165) is 11.2 Å². The van der Waals surface area contributed by atoms with Gasteiger partial charge in [-0.1, -0.05) is 18.2 Å². The van der Waals surface area contributed by atoms with Crippen LogP contribution in [0.25, 0.3) is 21.9 Å². The second-order valence-corrected chi connectivity index (χ2v) is 5.79. The van der Waals surface area contributed by atoms with E-state index in [2.05, 4.69) is 60.3 Å². The molecule has 0 saturated heterocycles. The average molecular weight is 272 g/mol. The van der Waals surface area contributed by atoms with Crippen LogP contribution in [0.4, 0.5) is 0 Å². The Balaban J connectivity index is 1.89. The highest BCUT2D eigenvalue weighted by Gasteiger charge is 2.34. The van der Waals surface area contributed by atoms with Crippen LogP contribution in [0, 0.1) is 0 Å². The molecule has 1 atom stereocenters. The summed E-state index contributed by atoms with van der Waals surface area (Å²) >= 11 is 0. The van der Waals surface area contributed by atoms with Crippen molar-refractivity contribution in [2.75, 3.05) is 0 Å². The van der Waals surface area contributed by atoms with E-state index >= 15 is 0 Å². The van der Waals surface area contributed by atoms with Crippen molar-refractivity contribution in [1.82, 2.24) is 0 Å². The molecule has 0 bridgehead atoms. The molecular weight excluding hydrogens is 258 g/mol. The lowest BCUT2D eigenvalue weighted by atomic mass is 9.98. The normalized spacial score (nSPS) is 19.6. The van der Waals surface area contributed by atoms with Crippen LogP contribution in [-0.4, -0.2) is 10.8 Å². The number of hydrogen-bond acceptors (Lipinski definition) is 1. The minimum absolute atomic E-state index is 0.259. The fraction of sp³-hybridized carbons (Fsp3) is 0.105. The molecule has 0 aliphatic carbocycles. The summed E-state index contributed by atoms with van der Waals surface area (Å²) in [5.74, 6) is 0. The predicted molar refractivity (Wildman–Crippen MR) is 84.8 cm³/mol. The maximum Gasteiger partial charge on any atom is 0.207 e. The van der Waals surface area contributed by atoms with Gasteiger partial charge >= 0.3 is 0 Å². The number of furan rings is 1. The van der Waals surface area contributed by atoms with E-state index in [9.17, 15) is 0 Å². The molecule has 1 aromatic heterocycles. The van der Waals surface area contributed by atoms with Gasteiger partial charge in [0.2, 0.25) is 6.04 Å².